The first-order valence-corrected chi connectivity index (χ1v) is 9.72. The highest BCUT2D eigenvalue weighted by atomic mass is 16.5. The van der Waals surface area contributed by atoms with Crippen LogP contribution in [-0.4, -0.2) is 31.5 Å². The normalized spacial score (nSPS) is 15.2. The van der Waals surface area contributed by atoms with E-state index in [2.05, 4.69) is 10.6 Å². The van der Waals surface area contributed by atoms with Gasteiger partial charge in [-0.1, -0.05) is 12.2 Å². The van der Waals surface area contributed by atoms with Gasteiger partial charge in [0.2, 0.25) is 0 Å². The molecule has 0 saturated heterocycles. The second-order valence-corrected chi connectivity index (χ2v) is 6.90. The number of anilines is 2. The molecule has 2 aromatic carbocycles. The van der Waals surface area contributed by atoms with Crippen molar-refractivity contribution in [1.29, 1.82) is 0 Å². The predicted octanol–water partition coefficient (Wildman–Crippen LogP) is 3.79. The molecule has 0 heterocycles. The molecular formula is C23H24N2O5. The molecular weight excluding hydrogens is 384 g/mol. The maximum absolute atomic E-state index is 12.3. The minimum atomic E-state index is -0.426. The molecule has 0 saturated carbocycles. The van der Waals surface area contributed by atoms with E-state index in [1.165, 1.54) is 0 Å². The van der Waals surface area contributed by atoms with Crippen molar-refractivity contribution >= 4 is 29.2 Å². The molecule has 1 atom stereocenters. The zero-order valence-corrected chi connectivity index (χ0v) is 16.7. The van der Waals surface area contributed by atoms with Crippen molar-refractivity contribution in [2.75, 3.05) is 24.4 Å². The van der Waals surface area contributed by atoms with Crippen molar-refractivity contribution in [2.24, 2.45) is 5.92 Å². The van der Waals surface area contributed by atoms with E-state index in [-0.39, 0.29) is 24.4 Å². The minimum absolute atomic E-state index is 0.175. The molecule has 156 valence electrons. The fraction of sp³-hybridized carbons (Fsp3) is 0.261. The maximum atomic E-state index is 12.3. The Labute approximate surface area is 175 Å². The van der Waals surface area contributed by atoms with Gasteiger partial charge in [0, 0.05) is 16.9 Å². The third-order valence-electron chi connectivity index (χ3n) is 4.73. The molecule has 2 aromatic rings. The van der Waals surface area contributed by atoms with Crippen molar-refractivity contribution in [3.05, 3.63) is 66.2 Å². The number of amides is 2. The van der Waals surface area contributed by atoms with Gasteiger partial charge in [-0.05, 0) is 67.8 Å². The first kappa shape index (κ1) is 21.1. The summed E-state index contributed by atoms with van der Waals surface area (Å²) in [7, 11) is 1.58. The number of rotatable bonds is 7. The van der Waals surface area contributed by atoms with E-state index in [0.29, 0.717) is 29.1 Å². The monoisotopic (exact) mass is 408 g/mol. The third kappa shape index (κ3) is 5.94. The van der Waals surface area contributed by atoms with E-state index in [1.54, 1.807) is 55.6 Å². The molecule has 0 unspecified atom stereocenters. The molecule has 1 aliphatic carbocycles. The number of carbonyl (C=O) groups excluding carboxylic acids is 3. The summed E-state index contributed by atoms with van der Waals surface area (Å²) in [6, 6.07) is 13.5. The molecule has 0 aromatic heterocycles. The second kappa shape index (κ2) is 10.2. The molecule has 0 bridgehead atoms. The van der Waals surface area contributed by atoms with Crippen LogP contribution in [0.4, 0.5) is 11.4 Å². The Hall–Kier alpha value is -3.61. The average molecular weight is 408 g/mol. The van der Waals surface area contributed by atoms with Gasteiger partial charge in [0.05, 0.1) is 13.0 Å². The summed E-state index contributed by atoms with van der Waals surface area (Å²) in [4.78, 5) is 36.3. The lowest BCUT2D eigenvalue weighted by atomic mass is 9.95. The summed E-state index contributed by atoms with van der Waals surface area (Å²) in [6.07, 6.45) is 6.25. The Morgan fingerprint density at radius 3 is 2.23 bits per heavy atom. The highest BCUT2D eigenvalue weighted by molar-refractivity contribution is 6.04. The molecule has 7 nitrogen and oxygen atoms in total. The number of esters is 1. The fourth-order valence-corrected chi connectivity index (χ4v) is 3.04. The summed E-state index contributed by atoms with van der Waals surface area (Å²) >= 11 is 0. The number of carbonyl (C=O) groups is 3. The van der Waals surface area contributed by atoms with E-state index in [0.717, 1.165) is 12.8 Å². The number of methoxy groups -OCH3 is 1. The lowest BCUT2D eigenvalue weighted by Crippen LogP contribution is -2.25. The Morgan fingerprint density at radius 2 is 1.60 bits per heavy atom. The minimum Gasteiger partial charge on any atom is -0.497 e. The van der Waals surface area contributed by atoms with Crippen LogP contribution in [0.5, 0.6) is 5.75 Å². The summed E-state index contributed by atoms with van der Waals surface area (Å²) < 4.78 is 10.2. The van der Waals surface area contributed by atoms with Crippen molar-refractivity contribution in [2.45, 2.75) is 19.3 Å². The van der Waals surface area contributed by atoms with Crippen LogP contribution in [0.2, 0.25) is 0 Å². The Morgan fingerprint density at radius 1 is 0.933 bits per heavy atom. The first-order valence-electron chi connectivity index (χ1n) is 9.72. The predicted molar refractivity (Wildman–Crippen MR) is 113 cm³/mol. The SMILES string of the molecule is COc1ccc(NC(=O)c2ccc(NC(=O)COC(=O)[C@@H]3CC=CCC3)cc2)cc1. The third-order valence-corrected chi connectivity index (χ3v) is 4.73. The van der Waals surface area contributed by atoms with Crippen molar-refractivity contribution in [3.63, 3.8) is 0 Å². The van der Waals surface area contributed by atoms with Gasteiger partial charge in [-0.25, -0.2) is 0 Å². The van der Waals surface area contributed by atoms with E-state index < -0.39 is 5.91 Å². The van der Waals surface area contributed by atoms with Gasteiger partial charge in [0.25, 0.3) is 11.8 Å². The zero-order valence-electron chi connectivity index (χ0n) is 16.7. The van der Waals surface area contributed by atoms with Gasteiger partial charge in [-0.2, -0.15) is 0 Å². The average Bonchev–Trinajstić information content (AvgIpc) is 2.79. The van der Waals surface area contributed by atoms with Gasteiger partial charge in [0.15, 0.2) is 6.61 Å². The van der Waals surface area contributed by atoms with Crippen molar-refractivity contribution in [1.82, 2.24) is 0 Å². The number of ether oxygens (including phenoxy) is 2. The number of hydrogen-bond donors (Lipinski definition) is 2. The molecule has 0 radical (unpaired) electrons. The van der Waals surface area contributed by atoms with Crippen LogP contribution in [0.15, 0.2) is 60.7 Å². The molecule has 0 fully saturated rings. The second-order valence-electron chi connectivity index (χ2n) is 6.90. The zero-order chi connectivity index (χ0) is 21.3. The summed E-state index contributed by atoms with van der Waals surface area (Å²) in [5.41, 5.74) is 1.60. The Kier molecular flexibility index (Phi) is 7.21. The first-order chi connectivity index (χ1) is 14.5. The van der Waals surface area contributed by atoms with Gasteiger partial charge in [-0.3, -0.25) is 14.4 Å². The Balaban J connectivity index is 1.47. The van der Waals surface area contributed by atoms with Crippen LogP contribution in [-0.2, 0) is 14.3 Å². The number of benzene rings is 2. The van der Waals surface area contributed by atoms with Crippen LogP contribution >= 0.6 is 0 Å². The molecule has 0 spiro atoms. The fourth-order valence-electron chi connectivity index (χ4n) is 3.04. The van der Waals surface area contributed by atoms with Gasteiger partial charge in [0.1, 0.15) is 5.75 Å². The molecule has 0 aliphatic heterocycles. The number of allylic oxidation sites excluding steroid dienone is 2. The Bertz CT molecular complexity index is 920. The van der Waals surface area contributed by atoms with Crippen LogP contribution in [0.25, 0.3) is 0 Å². The molecule has 7 heteroatoms. The number of nitrogens with one attached hydrogen (secondary N) is 2. The molecule has 3 rings (SSSR count). The van der Waals surface area contributed by atoms with Gasteiger partial charge < -0.3 is 20.1 Å². The highest BCUT2D eigenvalue weighted by Gasteiger charge is 2.21. The largest absolute Gasteiger partial charge is 0.497 e. The van der Waals surface area contributed by atoms with Crippen LogP contribution in [0.1, 0.15) is 29.6 Å². The lowest BCUT2D eigenvalue weighted by Gasteiger charge is -2.16. The summed E-state index contributed by atoms with van der Waals surface area (Å²) in [5, 5.41) is 5.44. The smallest absolute Gasteiger partial charge is 0.309 e. The topological polar surface area (TPSA) is 93.7 Å². The molecule has 2 amide bonds. The number of hydrogen-bond acceptors (Lipinski definition) is 5. The van der Waals surface area contributed by atoms with Gasteiger partial charge >= 0.3 is 5.97 Å². The van der Waals surface area contributed by atoms with Gasteiger partial charge in [-0.15, -0.1) is 0 Å². The highest BCUT2D eigenvalue weighted by Crippen LogP contribution is 2.20. The molecule has 30 heavy (non-hydrogen) atoms. The van der Waals surface area contributed by atoms with E-state index in [9.17, 15) is 14.4 Å². The van der Waals surface area contributed by atoms with Crippen molar-refractivity contribution in [3.8, 4) is 5.75 Å². The summed E-state index contributed by atoms with van der Waals surface area (Å²) in [5.74, 6) is -0.514. The summed E-state index contributed by atoms with van der Waals surface area (Å²) in [6.45, 7) is -0.335. The molecule has 1 aliphatic rings. The standard InChI is InChI=1S/C23H24N2O5/c1-29-20-13-11-19(12-14-20)25-22(27)16-7-9-18(10-8-16)24-21(26)15-30-23(28)17-5-3-2-4-6-17/h2-3,7-14,17H,4-6,15H2,1H3,(H,24,26)(H,25,27)/t17-/m1/s1. The van der Waals surface area contributed by atoms with Crippen molar-refractivity contribution < 1.29 is 23.9 Å². The van der Waals surface area contributed by atoms with E-state index in [4.69, 9.17) is 9.47 Å². The van der Waals surface area contributed by atoms with Crippen LogP contribution in [0.3, 0.4) is 0 Å². The van der Waals surface area contributed by atoms with Crippen LogP contribution in [0, 0.1) is 5.92 Å². The molecule has 2 N–H and O–H groups in total. The lowest BCUT2D eigenvalue weighted by molar-refractivity contribution is -0.151. The quantitative estimate of drug-likeness (QED) is 0.537. The maximum Gasteiger partial charge on any atom is 0.309 e. The van der Waals surface area contributed by atoms with E-state index in [1.807, 2.05) is 12.2 Å². The van der Waals surface area contributed by atoms with E-state index >= 15 is 0 Å². The van der Waals surface area contributed by atoms with Crippen LogP contribution < -0.4 is 15.4 Å².